The second-order valence-corrected chi connectivity index (χ2v) is 9.16. The van der Waals surface area contributed by atoms with Crippen LogP contribution in [0.2, 0.25) is 0 Å². The molecule has 0 saturated carbocycles. The molecule has 0 aliphatic heterocycles. The molecule has 170 valence electrons. The van der Waals surface area contributed by atoms with Crippen LogP contribution in [0.1, 0.15) is 21.6 Å². The number of hydrogen-bond acceptors (Lipinski definition) is 8. The molecule has 0 aliphatic carbocycles. The Morgan fingerprint density at radius 3 is 2.62 bits per heavy atom. The van der Waals surface area contributed by atoms with Gasteiger partial charge in [0.05, 0.1) is 31.2 Å². The van der Waals surface area contributed by atoms with Gasteiger partial charge < -0.3 is 9.15 Å². The number of carbonyl (C=O) groups excluding carboxylic acids is 1. The van der Waals surface area contributed by atoms with Crippen LogP contribution in [-0.4, -0.2) is 32.8 Å². The standard InChI is InChI=1S/C25H20N4O3S2/c1-31-24(30)19-11-9-18(10-12-19)23-26-20(15-33-23)16-34-25-28-27-22(21-8-5-13-32-21)29(25)14-17-6-3-2-4-7-17/h2-13,15H,14,16H2,1H3. The number of carbonyl (C=O) groups is 1. The SMILES string of the molecule is COC(=O)c1ccc(-c2nc(CSc3nnc(-c4ccco4)n3Cc3ccccc3)cs2)cc1. The average Bonchev–Trinajstić information content (AvgIpc) is 3.64. The molecule has 0 aliphatic rings. The van der Waals surface area contributed by atoms with Crippen LogP contribution in [0.15, 0.2) is 87.9 Å². The lowest BCUT2D eigenvalue weighted by Crippen LogP contribution is -2.04. The lowest BCUT2D eigenvalue weighted by molar-refractivity contribution is 0.0600. The van der Waals surface area contributed by atoms with Crippen molar-refractivity contribution in [3.63, 3.8) is 0 Å². The molecule has 0 N–H and O–H groups in total. The quantitative estimate of drug-likeness (QED) is 0.202. The van der Waals surface area contributed by atoms with Crippen molar-refractivity contribution in [3.05, 3.63) is 95.2 Å². The lowest BCUT2D eigenvalue weighted by Gasteiger charge is -2.09. The van der Waals surface area contributed by atoms with E-state index in [0.717, 1.165) is 27.0 Å². The highest BCUT2D eigenvalue weighted by Gasteiger charge is 2.17. The second kappa shape index (κ2) is 10.1. The molecule has 34 heavy (non-hydrogen) atoms. The number of aromatic nitrogens is 4. The van der Waals surface area contributed by atoms with Crippen LogP contribution in [0.25, 0.3) is 22.2 Å². The van der Waals surface area contributed by atoms with Crippen LogP contribution >= 0.6 is 23.1 Å². The number of nitrogens with zero attached hydrogens (tertiary/aromatic N) is 4. The van der Waals surface area contributed by atoms with Gasteiger partial charge in [-0.3, -0.25) is 4.57 Å². The first-order valence-corrected chi connectivity index (χ1v) is 12.3. The number of benzene rings is 2. The highest BCUT2D eigenvalue weighted by atomic mass is 32.2. The number of ether oxygens (including phenoxy) is 1. The zero-order valence-electron chi connectivity index (χ0n) is 18.2. The van der Waals surface area contributed by atoms with Gasteiger partial charge in [-0.1, -0.05) is 54.2 Å². The molecule has 7 nitrogen and oxygen atoms in total. The van der Waals surface area contributed by atoms with Crippen molar-refractivity contribution >= 4 is 29.1 Å². The first kappa shape index (κ1) is 22.1. The van der Waals surface area contributed by atoms with Crippen LogP contribution in [0.5, 0.6) is 0 Å². The third kappa shape index (κ3) is 4.80. The van der Waals surface area contributed by atoms with Gasteiger partial charge in [-0.15, -0.1) is 21.5 Å². The van der Waals surface area contributed by atoms with Gasteiger partial charge in [0.2, 0.25) is 5.82 Å². The van der Waals surface area contributed by atoms with Gasteiger partial charge in [0.25, 0.3) is 0 Å². The Morgan fingerprint density at radius 1 is 1.06 bits per heavy atom. The molecule has 3 heterocycles. The predicted octanol–water partition coefficient (Wildman–Crippen LogP) is 5.79. The van der Waals surface area contributed by atoms with E-state index >= 15 is 0 Å². The minimum Gasteiger partial charge on any atom is -0.465 e. The first-order valence-electron chi connectivity index (χ1n) is 10.5. The fourth-order valence-corrected chi connectivity index (χ4v) is 5.16. The van der Waals surface area contributed by atoms with Crippen LogP contribution in [0.4, 0.5) is 0 Å². The van der Waals surface area contributed by atoms with Gasteiger partial charge in [0.1, 0.15) is 5.01 Å². The van der Waals surface area contributed by atoms with Crippen LogP contribution in [-0.2, 0) is 17.0 Å². The summed E-state index contributed by atoms with van der Waals surface area (Å²) in [5.74, 6) is 1.68. The maximum atomic E-state index is 11.6. The van der Waals surface area contributed by atoms with E-state index in [1.54, 1.807) is 41.5 Å². The molecule has 5 rings (SSSR count). The topological polar surface area (TPSA) is 83.0 Å². The Bertz CT molecular complexity index is 1380. The Morgan fingerprint density at radius 2 is 1.88 bits per heavy atom. The highest BCUT2D eigenvalue weighted by molar-refractivity contribution is 7.98. The summed E-state index contributed by atoms with van der Waals surface area (Å²) >= 11 is 3.16. The van der Waals surface area contributed by atoms with Crippen molar-refractivity contribution in [3.8, 4) is 22.2 Å². The summed E-state index contributed by atoms with van der Waals surface area (Å²) in [5, 5.41) is 12.6. The van der Waals surface area contributed by atoms with Crippen molar-refractivity contribution in [1.82, 2.24) is 19.7 Å². The summed E-state index contributed by atoms with van der Waals surface area (Å²) in [6.45, 7) is 0.640. The molecule has 0 bridgehead atoms. The van der Waals surface area contributed by atoms with Crippen LogP contribution in [0.3, 0.4) is 0 Å². The number of esters is 1. The smallest absolute Gasteiger partial charge is 0.337 e. The van der Waals surface area contributed by atoms with Crippen LogP contribution in [0, 0.1) is 0 Å². The third-order valence-corrected chi connectivity index (χ3v) is 7.04. The summed E-state index contributed by atoms with van der Waals surface area (Å²) in [6.07, 6.45) is 1.64. The maximum absolute atomic E-state index is 11.6. The van der Waals surface area contributed by atoms with Crippen molar-refractivity contribution < 1.29 is 13.9 Å². The Labute approximate surface area is 204 Å². The molecule has 3 aromatic heterocycles. The molecule has 0 saturated heterocycles. The summed E-state index contributed by atoms with van der Waals surface area (Å²) in [6, 6.07) is 21.2. The minimum absolute atomic E-state index is 0.351. The van der Waals surface area contributed by atoms with Crippen molar-refractivity contribution in [2.45, 2.75) is 17.5 Å². The average molecular weight is 489 g/mol. The molecular formula is C25H20N4O3S2. The Hall–Kier alpha value is -3.69. The zero-order valence-corrected chi connectivity index (χ0v) is 19.9. The van der Waals surface area contributed by atoms with Gasteiger partial charge in [-0.2, -0.15) is 0 Å². The molecule has 0 fully saturated rings. The van der Waals surface area contributed by atoms with Gasteiger partial charge in [-0.25, -0.2) is 9.78 Å². The first-order chi connectivity index (χ1) is 16.7. The van der Waals surface area contributed by atoms with E-state index in [-0.39, 0.29) is 5.97 Å². The number of hydrogen-bond donors (Lipinski definition) is 0. The van der Waals surface area contributed by atoms with E-state index in [9.17, 15) is 4.79 Å². The fourth-order valence-electron chi connectivity index (χ4n) is 3.40. The van der Waals surface area contributed by atoms with Crippen LogP contribution < -0.4 is 0 Å². The normalized spacial score (nSPS) is 11.0. The van der Waals surface area contributed by atoms with E-state index < -0.39 is 0 Å². The van der Waals surface area contributed by atoms with Gasteiger partial charge in [-0.05, 0) is 29.8 Å². The number of thiazole rings is 1. The van der Waals surface area contributed by atoms with Crippen molar-refractivity contribution in [2.24, 2.45) is 0 Å². The van der Waals surface area contributed by atoms with E-state index in [1.165, 1.54) is 7.11 Å². The van der Waals surface area contributed by atoms with E-state index in [4.69, 9.17) is 14.1 Å². The minimum atomic E-state index is -0.351. The van der Waals surface area contributed by atoms with E-state index in [0.29, 0.717) is 29.4 Å². The Balaban J connectivity index is 1.34. The molecule has 0 spiro atoms. The number of thioether (sulfide) groups is 1. The lowest BCUT2D eigenvalue weighted by atomic mass is 10.1. The molecule has 0 atom stereocenters. The monoisotopic (exact) mass is 488 g/mol. The van der Waals surface area contributed by atoms with E-state index in [1.807, 2.05) is 47.8 Å². The molecule has 0 radical (unpaired) electrons. The second-order valence-electron chi connectivity index (χ2n) is 7.36. The maximum Gasteiger partial charge on any atom is 0.337 e. The highest BCUT2D eigenvalue weighted by Crippen LogP contribution is 2.30. The van der Waals surface area contributed by atoms with Crippen molar-refractivity contribution in [1.29, 1.82) is 0 Å². The predicted molar refractivity (Wildman–Crippen MR) is 132 cm³/mol. The molecule has 0 amide bonds. The summed E-state index contributed by atoms with van der Waals surface area (Å²) in [7, 11) is 1.37. The van der Waals surface area contributed by atoms with Gasteiger partial charge in [0.15, 0.2) is 10.9 Å². The molecule has 5 aromatic rings. The zero-order chi connectivity index (χ0) is 23.3. The van der Waals surface area contributed by atoms with E-state index in [2.05, 4.69) is 26.9 Å². The van der Waals surface area contributed by atoms with Crippen molar-refractivity contribution in [2.75, 3.05) is 7.11 Å². The largest absolute Gasteiger partial charge is 0.465 e. The molecule has 0 unspecified atom stereocenters. The molecule has 2 aromatic carbocycles. The number of methoxy groups -OCH3 is 1. The van der Waals surface area contributed by atoms with Gasteiger partial charge >= 0.3 is 5.97 Å². The third-order valence-electron chi connectivity index (χ3n) is 5.10. The Kier molecular flexibility index (Phi) is 6.55. The molecule has 9 heteroatoms. The number of rotatable bonds is 8. The summed E-state index contributed by atoms with van der Waals surface area (Å²) in [5.41, 5.74) is 3.59. The van der Waals surface area contributed by atoms with Gasteiger partial charge in [0, 0.05) is 16.7 Å². The molecular weight excluding hydrogens is 468 g/mol. The summed E-state index contributed by atoms with van der Waals surface area (Å²) < 4.78 is 12.4. The number of furan rings is 1. The summed E-state index contributed by atoms with van der Waals surface area (Å²) in [4.78, 5) is 16.4. The fraction of sp³-hybridized carbons (Fsp3) is 0.120.